The zero-order valence-corrected chi connectivity index (χ0v) is 26.3. The summed E-state index contributed by atoms with van der Waals surface area (Å²) < 4.78 is 13.2. The number of benzene rings is 2. The molecule has 3 heterocycles. The number of aliphatic hydroxyl groups is 1. The Kier molecular flexibility index (Phi) is 8.55. The predicted octanol–water partition coefficient (Wildman–Crippen LogP) is 3.72. The van der Waals surface area contributed by atoms with Gasteiger partial charge in [-0.15, -0.1) is 0 Å². The number of pyridine rings is 1. The number of aromatic nitrogens is 3. The molecule has 4 aromatic rings. The van der Waals surface area contributed by atoms with Crippen LogP contribution in [0.15, 0.2) is 58.3 Å². The average Bonchev–Trinajstić information content (AvgIpc) is 3.64. The van der Waals surface area contributed by atoms with Crippen LogP contribution in [-0.4, -0.2) is 57.6 Å². The normalized spacial score (nSPS) is 19.0. The van der Waals surface area contributed by atoms with Crippen molar-refractivity contribution < 1.29 is 19.4 Å². The topological polar surface area (TPSA) is 137 Å². The maximum absolute atomic E-state index is 13.1. The van der Waals surface area contributed by atoms with Gasteiger partial charge in [0.2, 0.25) is 5.88 Å². The van der Waals surface area contributed by atoms with Gasteiger partial charge in [-0.3, -0.25) is 14.2 Å². The van der Waals surface area contributed by atoms with Gasteiger partial charge in [0.15, 0.2) is 0 Å². The summed E-state index contributed by atoms with van der Waals surface area (Å²) in [5, 5.41) is 17.1. The third kappa shape index (κ3) is 5.66. The van der Waals surface area contributed by atoms with Crippen molar-refractivity contribution in [3.05, 3.63) is 96.2 Å². The van der Waals surface area contributed by atoms with Crippen molar-refractivity contribution >= 4 is 34.8 Å². The number of hydrogen-bond acceptors (Lipinski definition) is 8. The van der Waals surface area contributed by atoms with E-state index in [0.29, 0.717) is 46.5 Å². The van der Waals surface area contributed by atoms with E-state index in [1.807, 2.05) is 24.3 Å². The lowest BCUT2D eigenvalue weighted by atomic mass is 9.99. The van der Waals surface area contributed by atoms with Crippen LogP contribution in [0, 0.1) is 0 Å². The van der Waals surface area contributed by atoms with Crippen LogP contribution in [0.4, 0.5) is 5.69 Å². The number of halogens is 2. The Morgan fingerprint density at radius 3 is 2.49 bits per heavy atom. The van der Waals surface area contributed by atoms with Crippen LogP contribution in [-0.2, 0) is 25.3 Å². The number of carbonyl (C=O) groups is 1. The first-order valence-corrected chi connectivity index (χ1v) is 15.1. The molecule has 2 aliphatic rings. The first-order chi connectivity index (χ1) is 21.6. The Balaban J connectivity index is 1.32. The Bertz CT molecular complexity index is 1940. The molecule has 3 unspecified atom stereocenters. The summed E-state index contributed by atoms with van der Waals surface area (Å²) in [6.45, 7) is 0.761. The fraction of sp³-hybridized carbons (Fsp3) is 0.312. The molecule has 3 N–H and O–H groups in total. The number of ether oxygens (including phenoxy) is 2. The fourth-order valence-electron chi connectivity index (χ4n) is 5.95. The molecular weight excluding hydrogens is 621 g/mol. The minimum atomic E-state index is -0.719. The third-order valence-corrected chi connectivity index (χ3v) is 9.14. The zero-order chi connectivity index (χ0) is 32.0. The van der Waals surface area contributed by atoms with E-state index in [1.54, 1.807) is 25.3 Å². The van der Waals surface area contributed by atoms with Gasteiger partial charge in [-0.05, 0) is 30.5 Å². The number of aliphatic hydroxyl groups excluding tert-OH is 1. The van der Waals surface area contributed by atoms with Crippen LogP contribution in [0.5, 0.6) is 5.88 Å². The van der Waals surface area contributed by atoms with Crippen LogP contribution >= 0.6 is 23.2 Å². The second-order valence-corrected chi connectivity index (χ2v) is 11.9. The standard InChI is InChI=1S/C32H31Cl2N5O6/c1-38-13-20(31(42)39(2)32(38)43)29(41)36-22-9-5-7-18(28(22)34)17-6-4-8-19(27(17)33)23-12-16-10-11-21(26(16)30(37-23)44-3)35-24-14-45-15-25(24)40/h4-9,12-13,21,24-25,35,40H,10-11,14-15H2,1-3H3,(H,36,41). The highest BCUT2D eigenvalue weighted by Gasteiger charge is 2.34. The van der Waals surface area contributed by atoms with Gasteiger partial charge in [0.05, 0.1) is 53.9 Å². The van der Waals surface area contributed by atoms with Crippen LogP contribution in [0.2, 0.25) is 10.0 Å². The Hall–Kier alpha value is -4.00. The van der Waals surface area contributed by atoms with E-state index in [1.165, 1.54) is 20.3 Å². The van der Waals surface area contributed by atoms with Crippen molar-refractivity contribution in [1.82, 2.24) is 19.4 Å². The Labute approximate surface area is 268 Å². The third-order valence-electron chi connectivity index (χ3n) is 8.32. The largest absolute Gasteiger partial charge is 0.481 e. The summed E-state index contributed by atoms with van der Waals surface area (Å²) in [7, 11) is 4.35. The molecule has 11 nitrogen and oxygen atoms in total. The summed E-state index contributed by atoms with van der Waals surface area (Å²) in [6.07, 6.45) is 2.26. The van der Waals surface area contributed by atoms with E-state index in [0.717, 1.165) is 33.1 Å². The van der Waals surface area contributed by atoms with Gasteiger partial charge in [-0.2, -0.15) is 0 Å². The summed E-state index contributed by atoms with van der Waals surface area (Å²) in [5.74, 6) is -0.220. The minimum Gasteiger partial charge on any atom is -0.481 e. The average molecular weight is 653 g/mol. The smallest absolute Gasteiger partial charge is 0.330 e. The van der Waals surface area contributed by atoms with Crippen LogP contribution in [0.1, 0.15) is 33.9 Å². The van der Waals surface area contributed by atoms with Crippen molar-refractivity contribution in [2.24, 2.45) is 14.1 Å². The van der Waals surface area contributed by atoms with Gasteiger partial charge in [0.1, 0.15) is 5.56 Å². The Morgan fingerprint density at radius 1 is 1.07 bits per heavy atom. The number of methoxy groups -OCH3 is 1. The molecule has 6 rings (SSSR count). The number of fused-ring (bicyclic) bond motifs is 1. The maximum atomic E-state index is 13.1. The molecule has 1 amide bonds. The lowest BCUT2D eigenvalue weighted by Crippen LogP contribution is -2.40. The number of anilines is 1. The minimum absolute atomic E-state index is 0.0302. The number of carbonyl (C=O) groups excluding carboxylic acids is 1. The number of nitrogens with zero attached hydrogens (tertiary/aromatic N) is 3. The number of amides is 1. The molecule has 0 bridgehead atoms. The van der Waals surface area contributed by atoms with Crippen LogP contribution < -0.4 is 26.6 Å². The first kappa shape index (κ1) is 31.0. The molecular formula is C32H31Cl2N5O6. The Morgan fingerprint density at radius 2 is 1.78 bits per heavy atom. The summed E-state index contributed by atoms with van der Waals surface area (Å²) in [5.41, 5.74) is 3.32. The molecule has 1 fully saturated rings. The molecule has 13 heteroatoms. The van der Waals surface area contributed by atoms with Crippen molar-refractivity contribution in [2.75, 3.05) is 25.6 Å². The number of nitrogens with one attached hydrogen (secondary N) is 2. The van der Waals surface area contributed by atoms with E-state index < -0.39 is 23.3 Å². The van der Waals surface area contributed by atoms with E-state index in [-0.39, 0.29) is 28.4 Å². The maximum Gasteiger partial charge on any atom is 0.330 e. The van der Waals surface area contributed by atoms with Gasteiger partial charge in [-0.1, -0.05) is 53.5 Å². The molecule has 0 spiro atoms. The highest BCUT2D eigenvalue weighted by molar-refractivity contribution is 6.39. The quantitative estimate of drug-likeness (QED) is 0.275. The molecule has 1 aliphatic heterocycles. The highest BCUT2D eigenvalue weighted by atomic mass is 35.5. The van der Waals surface area contributed by atoms with E-state index in [4.69, 9.17) is 37.7 Å². The first-order valence-electron chi connectivity index (χ1n) is 14.3. The summed E-state index contributed by atoms with van der Waals surface area (Å²) >= 11 is 13.8. The number of hydrogen-bond donors (Lipinski definition) is 3. The molecule has 1 aliphatic carbocycles. The summed E-state index contributed by atoms with van der Waals surface area (Å²) in [4.78, 5) is 42.6. The fourth-order valence-corrected chi connectivity index (χ4v) is 6.55. The number of aryl methyl sites for hydroxylation is 2. The van der Waals surface area contributed by atoms with Crippen LogP contribution in [0.25, 0.3) is 22.4 Å². The molecule has 0 radical (unpaired) electrons. The predicted molar refractivity (Wildman–Crippen MR) is 171 cm³/mol. The molecule has 0 saturated carbocycles. The molecule has 1 saturated heterocycles. The van der Waals surface area contributed by atoms with Crippen molar-refractivity contribution in [1.29, 1.82) is 0 Å². The lowest BCUT2D eigenvalue weighted by Gasteiger charge is -2.22. The molecule has 45 heavy (non-hydrogen) atoms. The highest BCUT2D eigenvalue weighted by Crippen LogP contribution is 2.44. The van der Waals surface area contributed by atoms with Crippen LogP contribution in [0.3, 0.4) is 0 Å². The monoisotopic (exact) mass is 651 g/mol. The van der Waals surface area contributed by atoms with Crippen molar-refractivity contribution in [3.63, 3.8) is 0 Å². The van der Waals surface area contributed by atoms with E-state index in [2.05, 4.69) is 10.6 Å². The molecule has 3 atom stereocenters. The van der Waals surface area contributed by atoms with Gasteiger partial charge < -0.3 is 29.8 Å². The van der Waals surface area contributed by atoms with Gasteiger partial charge in [0, 0.05) is 48.6 Å². The van der Waals surface area contributed by atoms with Gasteiger partial charge >= 0.3 is 5.69 Å². The second kappa shape index (κ2) is 12.4. The summed E-state index contributed by atoms with van der Waals surface area (Å²) in [6, 6.07) is 12.5. The molecule has 2 aromatic heterocycles. The number of rotatable bonds is 7. The molecule has 2 aromatic carbocycles. The van der Waals surface area contributed by atoms with E-state index in [9.17, 15) is 19.5 Å². The zero-order valence-electron chi connectivity index (χ0n) is 24.8. The molecule has 234 valence electrons. The SMILES string of the molecule is COc1nc(-c2cccc(-c3cccc(NC(=O)c4cn(C)c(=O)n(C)c4=O)c3Cl)c2Cl)cc2c1C(NC1COCC1O)CC2. The van der Waals surface area contributed by atoms with E-state index >= 15 is 0 Å². The van der Waals surface area contributed by atoms with Gasteiger partial charge in [-0.25, -0.2) is 9.78 Å². The van der Waals surface area contributed by atoms with Gasteiger partial charge in [0.25, 0.3) is 11.5 Å². The van der Waals surface area contributed by atoms with Crippen molar-refractivity contribution in [3.8, 4) is 28.3 Å². The second-order valence-electron chi connectivity index (χ2n) is 11.1. The van der Waals surface area contributed by atoms with Crippen molar-refractivity contribution in [2.45, 2.75) is 31.0 Å². The lowest BCUT2D eigenvalue weighted by molar-refractivity contribution is 0.102.